The molecule has 3 heteroatoms. The van der Waals surface area contributed by atoms with Crippen molar-refractivity contribution in [3.05, 3.63) is 77.4 Å². The topological polar surface area (TPSA) is 38.3 Å². The van der Waals surface area contributed by atoms with E-state index < -0.39 is 0 Å². The molecular formula is C23H21NO2. The maximum absolute atomic E-state index is 12.1. The van der Waals surface area contributed by atoms with Gasteiger partial charge in [0.2, 0.25) is 0 Å². The number of hydrogen-bond acceptors (Lipinski definition) is 2. The molecule has 26 heavy (non-hydrogen) atoms. The molecule has 1 amide bonds. The Labute approximate surface area is 154 Å². The summed E-state index contributed by atoms with van der Waals surface area (Å²) in [6, 6.07) is 19.7. The molecule has 0 unspecified atom stereocenters. The van der Waals surface area contributed by atoms with Gasteiger partial charge in [-0.3, -0.25) is 4.79 Å². The van der Waals surface area contributed by atoms with Crippen LogP contribution in [-0.4, -0.2) is 19.1 Å². The second-order valence-electron chi connectivity index (χ2n) is 6.10. The summed E-state index contributed by atoms with van der Waals surface area (Å²) < 4.78 is 5.75. The number of carbonyl (C=O) groups excluding carboxylic acids is 1. The minimum atomic E-state index is -0.114. The van der Waals surface area contributed by atoms with Crippen LogP contribution in [0.15, 0.2) is 60.7 Å². The number of benzene rings is 3. The van der Waals surface area contributed by atoms with Crippen LogP contribution in [0.1, 0.15) is 21.5 Å². The molecule has 0 aliphatic rings. The number of rotatable bonds is 4. The Hall–Kier alpha value is -3.25. The molecule has 0 aliphatic carbocycles. The molecule has 3 aromatic carbocycles. The van der Waals surface area contributed by atoms with Crippen LogP contribution < -0.4 is 10.1 Å². The van der Waals surface area contributed by atoms with E-state index in [2.05, 4.69) is 29.3 Å². The van der Waals surface area contributed by atoms with E-state index in [0.717, 1.165) is 22.1 Å². The number of ether oxygens (including phenoxy) is 1. The summed E-state index contributed by atoms with van der Waals surface area (Å²) in [4.78, 5) is 12.1. The zero-order chi connectivity index (χ0) is 18.4. The number of carbonyl (C=O) groups is 1. The van der Waals surface area contributed by atoms with Crippen molar-refractivity contribution >= 4 is 16.7 Å². The first-order valence-corrected chi connectivity index (χ1v) is 8.57. The highest BCUT2D eigenvalue weighted by Gasteiger charge is 2.05. The van der Waals surface area contributed by atoms with Gasteiger partial charge in [0.25, 0.3) is 5.91 Å². The van der Waals surface area contributed by atoms with Crippen LogP contribution in [0.2, 0.25) is 0 Å². The van der Waals surface area contributed by atoms with Crippen LogP contribution in [0.4, 0.5) is 0 Å². The molecule has 0 radical (unpaired) electrons. The highest BCUT2D eigenvalue weighted by Crippen LogP contribution is 2.24. The van der Waals surface area contributed by atoms with Gasteiger partial charge in [-0.15, -0.1) is 0 Å². The van der Waals surface area contributed by atoms with Crippen molar-refractivity contribution < 1.29 is 9.53 Å². The fraction of sp³-hybridized carbons (Fsp3) is 0.174. The van der Waals surface area contributed by atoms with Crippen LogP contribution >= 0.6 is 0 Å². The van der Waals surface area contributed by atoms with Crippen molar-refractivity contribution in [2.75, 3.05) is 13.2 Å². The van der Waals surface area contributed by atoms with Crippen molar-refractivity contribution in [2.45, 2.75) is 13.8 Å². The summed E-state index contributed by atoms with van der Waals surface area (Å²) in [7, 11) is 0. The Balaban J connectivity index is 1.51. The molecule has 3 rings (SSSR count). The van der Waals surface area contributed by atoms with Gasteiger partial charge in [0, 0.05) is 10.9 Å². The van der Waals surface area contributed by atoms with E-state index in [1.165, 1.54) is 5.56 Å². The Morgan fingerprint density at radius 3 is 2.62 bits per heavy atom. The molecule has 0 saturated heterocycles. The first-order valence-electron chi connectivity index (χ1n) is 8.57. The van der Waals surface area contributed by atoms with Crippen LogP contribution in [-0.2, 0) is 0 Å². The Bertz CT molecular complexity index is 991. The zero-order valence-electron chi connectivity index (χ0n) is 15.0. The van der Waals surface area contributed by atoms with Crippen molar-refractivity contribution in [2.24, 2.45) is 0 Å². The summed E-state index contributed by atoms with van der Waals surface area (Å²) in [5.41, 5.74) is 2.93. The number of fused-ring (bicyclic) bond motifs is 1. The molecule has 0 heterocycles. The van der Waals surface area contributed by atoms with E-state index in [4.69, 9.17) is 4.74 Å². The Morgan fingerprint density at radius 2 is 1.77 bits per heavy atom. The first-order chi connectivity index (χ1) is 12.6. The maximum Gasteiger partial charge on any atom is 0.252 e. The summed E-state index contributed by atoms with van der Waals surface area (Å²) in [5.74, 6) is 6.57. The van der Waals surface area contributed by atoms with Gasteiger partial charge in [0.1, 0.15) is 12.4 Å². The fourth-order valence-electron chi connectivity index (χ4n) is 2.66. The van der Waals surface area contributed by atoms with Crippen LogP contribution in [0.3, 0.4) is 0 Å². The summed E-state index contributed by atoms with van der Waals surface area (Å²) >= 11 is 0. The molecule has 0 spiro atoms. The lowest BCUT2D eigenvalue weighted by Gasteiger charge is -2.06. The van der Waals surface area contributed by atoms with E-state index in [1.54, 1.807) is 0 Å². The normalized spacial score (nSPS) is 10.1. The van der Waals surface area contributed by atoms with Gasteiger partial charge in [-0.2, -0.15) is 0 Å². The molecule has 130 valence electrons. The van der Waals surface area contributed by atoms with Crippen LogP contribution in [0.25, 0.3) is 10.8 Å². The van der Waals surface area contributed by atoms with Crippen LogP contribution in [0.5, 0.6) is 5.75 Å². The third-order valence-corrected chi connectivity index (χ3v) is 4.28. The lowest BCUT2D eigenvalue weighted by atomic mass is 10.1. The molecule has 0 aromatic heterocycles. The average molecular weight is 343 g/mol. The number of nitrogens with one attached hydrogen (secondary N) is 1. The van der Waals surface area contributed by atoms with E-state index in [1.807, 2.05) is 62.4 Å². The molecule has 0 saturated carbocycles. The molecule has 3 aromatic rings. The van der Waals surface area contributed by atoms with Crippen LogP contribution in [0, 0.1) is 25.7 Å². The quantitative estimate of drug-likeness (QED) is 0.719. The molecule has 0 fully saturated rings. The number of hydrogen-bond donors (Lipinski definition) is 1. The second-order valence-corrected chi connectivity index (χ2v) is 6.10. The predicted octanol–water partition coefficient (Wildman–Crippen LogP) is 4.27. The zero-order valence-corrected chi connectivity index (χ0v) is 15.0. The predicted molar refractivity (Wildman–Crippen MR) is 105 cm³/mol. The van der Waals surface area contributed by atoms with Gasteiger partial charge in [-0.05, 0) is 48.6 Å². The van der Waals surface area contributed by atoms with E-state index in [0.29, 0.717) is 12.1 Å². The Kier molecular flexibility index (Phi) is 5.56. The van der Waals surface area contributed by atoms with Crippen molar-refractivity contribution in [3.63, 3.8) is 0 Å². The monoisotopic (exact) mass is 343 g/mol. The van der Waals surface area contributed by atoms with Crippen molar-refractivity contribution in [3.8, 4) is 17.6 Å². The maximum atomic E-state index is 12.1. The van der Waals surface area contributed by atoms with E-state index in [-0.39, 0.29) is 12.5 Å². The molecule has 0 aliphatic heterocycles. The van der Waals surface area contributed by atoms with Gasteiger partial charge < -0.3 is 10.1 Å². The molecular weight excluding hydrogens is 322 g/mol. The summed E-state index contributed by atoms with van der Waals surface area (Å²) in [6.45, 7) is 4.60. The molecule has 3 nitrogen and oxygen atoms in total. The number of aryl methyl sites for hydroxylation is 2. The molecule has 0 atom stereocenters. The largest absolute Gasteiger partial charge is 0.480 e. The molecule has 1 N–H and O–H groups in total. The lowest BCUT2D eigenvalue weighted by Crippen LogP contribution is -2.23. The number of amides is 1. The SMILES string of the molecule is Cc1ccc(C(=O)NCC#CCOc2cccc3ccccc23)cc1C. The average Bonchev–Trinajstić information content (AvgIpc) is 2.66. The third-order valence-electron chi connectivity index (χ3n) is 4.28. The highest BCUT2D eigenvalue weighted by molar-refractivity contribution is 5.94. The minimum Gasteiger partial charge on any atom is -0.480 e. The second kappa shape index (κ2) is 8.22. The van der Waals surface area contributed by atoms with Gasteiger partial charge in [0.15, 0.2) is 0 Å². The van der Waals surface area contributed by atoms with Gasteiger partial charge in [-0.1, -0.05) is 54.3 Å². The van der Waals surface area contributed by atoms with Crippen molar-refractivity contribution in [1.29, 1.82) is 0 Å². The fourth-order valence-corrected chi connectivity index (χ4v) is 2.66. The summed E-state index contributed by atoms with van der Waals surface area (Å²) in [6.07, 6.45) is 0. The van der Waals surface area contributed by atoms with Gasteiger partial charge >= 0.3 is 0 Å². The first kappa shape index (κ1) is 17.6. The molecule has 0 bridgehead atoms. The van der Waals surface area contributed by atoms with Gasteiger partial charge in [-0.25, -0.2) is 0 Å². The van der Waals surface area contributed by atoms with Gasteiger partial charge in [0.05, 0.1) is 6.54 Å². The minimum absolute atomic E-state index is 0.114. The lowest BCUT2D eigenvalue weighted by molar-refractivity contribution is 0.0958. The Morgan fingerprint density at radius 1 is 0.962 bits per heavy atom. The third kappa shape index (κ3) is 4.23. The highest BCUT2D eigenvalue weighted by atomic mass is 16.5. The van der Waals surface area contributed by atoms with E-state index >= 15 is 0 Å². The van der Waals surface area contributed by atoms with Crippen molar-refractivity contribution in [1.82, 2.24) is 5.32 Å². The van der Waals surface area contributed by atoms with E-state index in [9.17, 15) is 4.79 Å². The summed E-state index contributed by atoms with van der Waals surface area (Å²) in [5, 5.41) is 5.01. The smallest absolute Gasteiger partial charge is 0.252 e. The standard InChI is InChI=1S/C23H21NO2/c1-17-12-13-20(16-18(17)2)23(25)24-14-5-6-15-26-22-11-7-9-19-8-3-4-10-21(19)22/h3-4,7-13,16H,14-15H2,1-2H3,(H,24,25).